The molecule has 0 saturated heterocycles. The molecule has 0 atom stereocenters. The first-order valence-electron chi connectivity index (χ1n) is 8.45. The Kier molecular flexibility index (Phi) is 6.58. The van der Waals surface area contributed by atoms with Crippen LogP contribution in [0.4, 0.5) is 5.69 Å². The number of nitrogens with one attached hydrogen (secondary N) is 1. The molecular weight excluding hydrogens is 336 g/mol. The summed E-state index contributed by atoms with van der Waals surface area (Å²) in [6, 6.07) is 14.8. The summed E-state index contributed by atoms with van der Waals surface area (Å²) in [6.07, 6.45) is 1.78. The molecule has 0 aromatic heterocycles. The number of hydrogen-bond acceptors (Lipinski definition) is 3. The van der Waals surface area contributed by atoms with Crippen LogP contribution in [0.25, 0.3) is 0 Å². The molecule has 0 bridgehead atoms. The molecule has 0 heterocycles. The molecule has 0 saturated carbocycles. The minimum Gasteiger partial charge on any atom is -0.339 e. The molecule has 0 aliphatic carbocycles. The van der Waals surface area contributed by atoms with Gasteiger partial charge in [-0.3, -0.25) is 9.52 Å². The Morgan fingerprint density at radius 3 is 2.00 bits per heavy atom. The second kappa shape index (κ2) is 8.67. The molecule has 0 radical (unpaired) electrons. The Bertz CT molecular complexity index is 781. The Hall–Kier alpha value is -2.34. The lowest BCUT2D eigenvalue weighted by molar-refractivity contribution is 0.0755. The zero-order valence-corrected chi connectivity index (χ0v) is 15.4. The second-order valence-electron chi connectivity index (χ2n) is 5.79. The third-order valence-corrected chi connectivity index (χ3v) is 5.11. The molecule has 1 N–H and O–H groups in total. The van der Waals surface area contributed by atoms with Gasteiger partial charge >= 0.3 is 0 Å². The van der Waals surface area contributed by atoms with Crippen LogP contribution in [0.3, 0.4) is 0 Å². The van der Waals surface area contributed by atoms with Crippen molar-refractivity contribution in [3.63, 3.8) is 0 Å². The molecular formula is C19H24N2O3S. The predicted octanol–water partition coefficient (Wildman–Crippen LogP) is 3.75. The minimum atomic E-state index is -3.67. The van der Waals surface area contributed by atoms with Crippen molar-refractivity contribution in [1.82, 2.24) is 4.90 Å². The van der Waals surface area contributed by atoms with E-state index in [4.69, 9.17) is 0 Å². The van der Waals surface area contributed by atoms with Crippen LogP contribution in [0.15, 0.2) is 59.5 Å². The molecule has 0 aliphatic rings. The lowest BCUT2D eigenvalue weighted by Crippen LogP contribution is -2.32. The molecule has 6 heteroatoms. The van der Waals surface area contributed by atoms with Gasteiger partial charge < -0.3 is 4.90 Å². The van der Waals surface area contributed by atoms with Crippen molar-refractivity contribution in [3.05, 3.63) is 60.2 Å². The van der Waals surface area contributed by atoms with E-state index in [1.54, 1.807) is 41.3 Å². The SMILES string of the molecule is CCCN(CCC)C(=O)c1ccc(S(=O)(=O)Nc2ccccc2)cc1. The van der Waals surface area contributed by atoms with Gasteiger partial charge in [-0.1, -0.05) is 32.0 Å². The number of sulfonamides is 1. The summed E-state index contributed by atoms with van der Waals surface area (Å²) in [4.78, 5) is 14.5. The van der Waals surface area contributed by atoms with E-state index in [0.717, 1.165) is 12.8 Å². The highest BCUT2D eigenvalue weighted by Gasteiger charge is 2.17. The normalized spacial score (nSPS) is 11.1. The maximum absolute atomic E-state index is 12.5. The highest BCUT2D eigenvalue weighted by molar-refractivity contribution is 7.92. The van der Waals surface area contributed by atoms with Crippen molar-refractivity contribution in [3.8, 4) is 0 Å². The Labute approximate surface area is 149 Å². The van der Waals surface area contributed by atoms with Gasteiger partial charge in [0.25, 0.3) is 15.9 Å². The van der Waals surface area contributed by atoms with Gasteiger partial charge in [0.15, 0.2) is 0 Å². The molecule has 25 heavy (non-hydrogen) atoms. The van der Waals surface area contributed by atoms with E-state index in [2.05, 4.69) is 4.72 Å². The van der Waals surface area contributed by atoms with Gasteiger partial charge in [0, 0.05) is 24.3 Å². The number of anilines is 1. The molecule has 134 valence electrons. The second-order valence-corrected chi connectivity index (χ2v) is 7.47. The van der Waals surface area contributed by atoms with Crippen LogP contribution in [0.5, 0.6) is 0 Å². The number of carbonyl (C=O) groups is 1. The van der Waals surface area contributed by atoms with Crippen molar-refractivity contribution in [2.24, 2.45) is 0 Å². The van der Waals surface area contributed by atoms with Gasteiger partial charge in [-0.05, 0) is 49.2 Å². The largest absolute Gasteiger partial charge is 0.339 e. The maximum Gasteiger partial charge on any atom is 0.261 e. The van der Waals surface area contributed by atoms with Crippen LogP contribution in [-0.4, -0.2) is 32.3 Å². The first-order chi connectivity index (χ1) is 12.0. The number of hydrogen-bond donors (Lipinski definition) is 1. The lowest BCUT2D eigenvalue weighted by Gasteiger charge is -2.21. The molecule has 0 fully saturated rings. The van der Waals surface area contributed by atoms with E-state index < -0.39 is 10.0 Å². The monoisotopic (exact) mass is 360 g/mol. The summed E-state index contributed by atoms with van der Waals surface area (Å²) < 4.78 is 27.4. The van der Waals surface area contributed by atoms with Gasteiger partial charge in [0.05, 0.1) is 4.90 Å². The van der Waals surface area contributed by atoms with Crippen LogP contribution < -0.4 is 4.72 Å². The summed E-state index contributed by atoms with van der Waals surface area (Å²) in [5, 5.41) is 0. The number of benzene rings is 2. The summed E-state index contributed by atoms with van der Waals surface area (Å²) in [5.41, 5.74) is 1.00. The molecule has 5 nitrogen and oxygen atoms in total. The van der Waals surface area contributed by atoms with Gasteiger partial charge in [-0.15, -0.1) is 0 Å². The van der Waals surface area contributed by atoms with E-state index in [-0.39, 0.29) is 10.8 Å². The molecule has 0 spiro atoms. The van der Waals surface area contributed by atoms with Crippen molar-refractivity contribution in [2.45, 2.75) is 31.6 Å². The van der Waals surface area contributed by atoms with Gasteiger partial charge in [0.1, 0.15) is 0 Å². The molecule has 2 aromatic carbocycles. The maximum atomic E-state index is 12.5. The number of carbonyl (C=O) groups excluding carboxylic acids is 1. The van der Waals surface area contributed by atoms with Crippen LogP contribution in [0.2, 0.25) is 0 Å². The molecule has 0 unspecified atom stereocenters. The number of para-hydroxylation sites is 1. The van der Waals surface area contributed by atoms with E-state index in [1.165, 1.54) is 12.1 Å². The fraction of sp³-hybridized carbons (Fsp3) is 0.316. The van der Waals surface area contributed by atoms with Crippen molar-refractivity contribution >= 4 is 21.6 Å². The van der Waals surface area contributed by atoms with Gasteiger partial charge in [0.2, 0.25) is 0 Å². The molecule has 0 aliphatic heterocycles. The molecule has 1 amide bonds. The van der Waals surface area contributed by atoms with Crippen LogP contribution in [0.1, 0.15) is 37.0 Å². The molecule has 2 rings (SSSR count). The van der Waals surface area contributed by atoms with Gasteiger partial charge in [-0.2, -0.15) is 0 Å². The number of nitrogens with zero attached hydrogens (tertiary/aromatic N) is 1. The predicted molar refractivity (Wildman–Crippen MR) is 100 cm³/mol. The minimum absolute atomic E-state index is 0.0660. The van der Waals surface area contributed by atoms with E-state index in [1.807, 2.05) is 19.9 Å². The third-order valence-electron chi connectivity index (χ3n) is 3.71. The number of rotatable bonds is 8. The quantitative estimate of drug-likeness (QED) is 0.780. The standard InChI is InChI=1S/C19H24N2O3S/c1-3-14-21(15-4-2)19(22)16-10-12-18(13-11-16)25(23,24)20-17-8-6-5-7-9-17/h5-13,20H,3-4,14-15H2,1-2H3. The zero-order valence-electron chi connectivity index (χ0n) is 14.6. The summed E-state index contributed by atoms with van der Waals surface area (Å²) in [6.45, 7) is 5.45. The average Bonchev–Trinajstić information content (AvgIpc) is 2.61. The topological polar surface area (TPSA) is 66.5 Å². The highest BCUT2D eigenvalue weighted by Crippen LogP contribution is 2.17. The van der Waals surface area contributed by atoms with Crippen molar-refractivity contribution in [2.75, 3.05) is 17.8 Å². The zero-order chi connectivity index (χ0) is 18.3. The number of amides is 1. The Morgan fingerprint density at radius 1 is 0.920 bits per heavy atom. The van der Waals surface area contributed by atoms with Crippen molar-refractivity contribution < 1.29 is 13.2 Å². The fourth-order valence-corrected chi connectivity index (χ4v) is 3.59. The van der Waals surface area contributed by atoms with Crippen LogP contribution in [0, 0.1) is 0 Å². The smallest absolute Gasteiger partial charge is 0.261 e. The van der Waals surface area contributed by atoms with Crippen molar-refractivity contribution in [1.29, 1.82) is 0 Å². The Balaban J connectivity index is 2.17. The van der Waals surface area contributed by atoms with Crippen LogP contribution >= 0.6 is 0 Å². The highest BCUT2D eigenvalue weighted by atomic mass is 32.2. The summed E-state index contributed by atoms with van der Waals surface area (Å²) >= 11 is 0. The van der Waals surface area contributed by atoms with E-state index >= 15 is 0 Å². The van der Waals surface area contributed by atoms with Crippen LogP contribution in [-0.2, 0) is 10.0 Å². The first kappa shape index (κ1) is 19.0. The summed E-state index contributed by atoms with van der Waals surface area (Å²) in [7, 11) is -3.67. The summed E-state index contributed by atoms with van der Waals surface area (Å²) in [5.74, 6) is -0.0660. The average molecular weight is 360 g/mol. The Morgan fingerprint density at radius 2 is 1.48 bits per heavy atom. The third kappa shape index (κ3) is 5.06. The first-order valence-corrected chi connectivity index (χ1v) is 9.93. The van der Waals surface area contributed by atoms with Gasteiger partial charge in [-0.25, -0.2) is 8.42 Å². The molecule has 2 aromatic rings. The van der Waals surface area contributed by atoms with E-state index in [0.29, 0.717) is 24.3 Å². The lowest BCUT2D eigenvalue weighted by atomic mass is 10.2. The van der Waals surface area contributed by atoms with E-state index in [9.17, 15) is 13.2 Å². The fourth-order valence-electron chi connectivity index (χ4n) is 2.53.